The van der Waals surface area contributed by atoms with Crippen LogP contribution >= 0.6 is 15.9 Å². The van der Waals surface area contributed by atoms with Gasteiger partial charge in [0.2, 0.25) is 0 Å². The van der Waals surface area contributed by atoms with Crippen molar-refractivity contribution in [1.29, 1.82) is 0 Å². The molecule has 1 atom stereocenters. The van der Waals surface area contributed by atoms with Gasteiger partial charge >= 0.3 is 12.2 Å². The Hall–Kier alpha value is -3.32. The largest absolute Gasteiger partial charge is 0.449 e. The van der Waals surface area contributed by atoms with Crippen LogP contribution in [0.2, 0.25) is 0 Å². The van der Waals surface area contributed by atoms with E-state index in [-0.39, 0.29) is 19.3 Å². The molecule has 0 unspecified atom stereocenters. The van der Waals surface area contributed by atoms with Gasteiger partial charge in [0.1, 0.15) is 6.61 Å². The van der Waals surface area contributed by atoms with Gasteiger partial charge < -0.3 is 14.8 Å². The maximum Gasteiger partial charge on any atom is 0.411 e. The molecule has 7 heteroatoms. The van der Waals surface area contributed by atoms with E-state index >= 15 is 0 Å². The molecule has 33 heavy (non-hydrogen) atoms. The molecule has 0 bridgehead atoms. The number of hydrogen-bond donors (Lipinski definition) is 2. The van der Waals surface area contributed by atoms with E-state index in [4.69, 9.17) is 9.47 Å². The SMILES string of the molecule is Cc1cc(Br)ccc1CCOC(=O)Nc1cccc([C@H](C)NC(=O)OCc2ccccc2)c1. The molecule has 0 spiro atoms. The smallest absolute Gasteiger partial charge is 0.411 e. The highest BCUT2D eigenvalue weighted by atomic mass is 79.9. The normalized spacial score (nSPS) is 11.4. The summed E-state index contributed by atoms with van der Waals surface area (Å²) in [4.78, 5) is 24.3. The number of anilines is 1. The molecule has 6 nitrogen and oxygen atoms in total. The van der Waals surface area contributed by atoms with Crippen molar-refractivity contribution in [2.24, 2.45) is 0 Å². The highest BCUT2D eigenvalue weighted by molar-refractivity contribution is 9.10. The minimum Gasteiger partial charge on any atom is -0.449 e. The highest BCUT2D eigenvalue weighted by Crippen LogP contribution is 2.19. The Bertz CT molecular complexity index is 1090. The molecule has 0 aliphatic heterocycles. The summed E-state index contributed by atoms with van der Waals surface area (Å²) >= 11 is 3.45. The van der Waals surface area contributed by atoms with Crippen LogP contribution in [-0.2, 0) is 22.5 Å². The van der Waals surface area contributed by atoms with Crippen molar-refractivity contribution in [1.82, 2.24) is 5.32 Å². The molecule has 172 valence electrons. The molecular formula is C26H27BrN2O4. The van der Waals surface area contributed by atoms with Crippen LogP contribution in [0, 0.1) is 6.92 Å². The zero-order chi connectivity index (χ0) is 23.6. The van der Waals surface area contributed by atoms with Crippen LogP contribution in [0.15, 0.2) is 77.3 Å². The fourth-order valence-electron chi connectivity index (χ4n) is 3.26. The molecule has 2 N–H and O–H groups in total. The number of benzene rings is 3. The molecule has 0 saturated heterocycles. The third-order valence-corrected chi connectivity index (χ3v) is 5.58. The zero-order valence-corrected chi connectivity index (χ0v) is 20.2. The average Bonchev–Trinajstić information content (AvgIpc) is 2.80. The van der Waals surface area contributed by atoms with Gasteiger partial charge in [-0.3, -0.25) is 5.32 Å². The molecule has 0 fully saturated rings. The number of alkyl carbamates (subject to hydrolysis) is 1. The van der Waals surface area contributed by atoms with Crippen molar-refractivity contribution in [2.75, 3.05) is 11.9 Å². The Labute approximate surface area is 202 Å². The molecule has 0 aliphatic rings. The first-order valence-corrected chi connectivity index (χ1v) is 11.5. The monoisotopic (exact) mass is 510 g/mol. The molecule has 0 saturated carbocycles. The van der Waals surface area contributed by atoms with Gasteiger partial charge in [0.25, 0.3) is 0 Å². The van der Waals surface area contributed by atoms with Gasteiger partial charge in [0, 0.05) is 16.6 Å². The van der Waals surface area contributed by atoms with E-state index < -0.39 is 12.2 Å². The van der Waals surface area contributed by atoms with Crippen molar-refractivity contribution in [3.05, 3.63) is 99.5 Å². The lowest BCUT2D eigenvalue weighted by Gasteiger charge is -2.16. The molecule has 0 heterocycles. The first kappa shape index (κ1) is 24.3. The predicted octanol–water partition coefficient (Wildman–Crippen LogP) is 6.54. The van der Waals surface area contributed by atoms with Crippen LogP contribution in [0.25, 0.3) is 0 Å². The molecule has 0 aromatic heterocycles. The van der Waals surface area contributed by atoms with E-state index in [2.05, 4.69) is 26.6 Å². The van der Waals surface area contributed by atoms with Crippen molar-refractivity contribution in [2.45, 2.75) is 32.9 Å². The second-order valence-corrected chi connectivity index (χ2v) is 8.55. The molecule has 0 radical (unpaired) electrons. The first-order valence-electron chi connectivity index (χ1n) is 10.7. The average molecular weight is 511 g/mol. The second-order valence-electron chi connectivity index (χ2n) is 7.63. The number of nitrogens with one attached hydrogen (secondary N) is 2. The number of ether oxygens (including phenoxy) is 2. The Balaban J connectivity index is 1.45. The Morgan fingerprint density at radius 1 is 0.939 bits per heavy atom. The Morgan fingerprint density at radius 2 is 1.73 bits per heavy atom. The van der Waals surface area contributed by atoms with Gasteiger partial charge in [-0.2, -0.15) is 0 Å². The number of aryl methyl sites for hydroxylation is 1. The third kappa shape index (κ3) is 7.95. The minimum atomic E-state index is -0.523. The molecule has 2 amide bonds. The van der Waals surface area contributed by atoms with Crippen molar-refractivity contribution in [3.63, 3.8) is 0 Å². The summed E-state index contributed by atoms with van der Waals surface area (Å²) < 4.78 is 11.6. The Kier molecular flexibility index (Phi) is 8.89. The first-order chi connectivity index (χ1) is 15.9. The number of halogens is 1. The molecule has 0 aliphatic carbocycles. The molecule has 3 aromatic carbocycles. The Morgan fingerprint density at radius 3 is 2.48 bits per heavy atom. The number of carbonyl (C=O) groups is 2. The van der Waals surface area contributed by atoms with Crippen LogP contribution in [0.1, 0.15) is 35.2 Å². The summed E-state index contributed by atoms with van der Waals surface area (Å²) in [5.74, 6) is 0. The summed E-state index contributed by atoms with van der Waals surface area (Å²) in [6, 6.07) is 22.4. The van der Waals surface area contributed by atoms with Gasteiger partial charge in [-0.25, -0.2) is 9.59 Å². The van der Waals surface area contributed by atoms with Gasteiger partial charge in [0.15, 0.2) is 0 Å². The van der Waals surface area contributed by atoms with Crippen molar-refractivity contribution < 1.29 is 19.1 Å². The summed E-state index contributed by atoms with van der Waals surface area (Å²) in [6.07, 6.45) is -0.393. The van der Waals surface area contributed by atoms with Crippen LogP contribution in [0.5, 0.6) is 0 Å². The maximum atomic E-state index is 12.2. The molecular weight excluding hydrogens is 484 g/mol. The van der Waals surface area contributed by atoms with Crippen molar-refractivity contribution in [3.8, 4) is 0 Å². The zero-order valence-electron chi connectivity index (χ0n) is 18.6. The lowest BCUT2D eigenvalue weighted by molar-refractivity contribution is 0.136. The lowest BCUT2D eigenvalue weighted by Crippen LogP contribution is -2.27. The topological polar surface area (TPSA) is 76.7 Å². The lowest BCUT2D eigenvalue weighted by atomic mass is 10.1. The predicted molar refractivity (Wildman–Crippen MR) is 132 cm³/mol. The highest BCUT2D eigenvalue weighted by Gasteiger charge is 2.12. The standard InChI is InChI=1S/C26H27BrN2O4/c1-18-15-23(27)12-11-21(18)13-14-32-26(31)29-24-10-6-9-22(16-24)19(2)28-25(30)33-17-20-7-4-3-5-8-20/h3-12,15-16,19H,13-14,17H2,1-2H3,(H,28,30)(H,29,31)/t19-/m0/s1. The number of amides is 2. The van der Waals surface area contributed by atoms with E-state index in [1.165, 1.54) is 0 Å². The van der Waals surface area contributed by atoms with Crippen LogP contribution < -0.4 is 10.6 Å². The van der Waals surface area contributed by atoms with Gasteiger partial charge in [0.05, 0.1) is 12.6 Å². The fraction of sp³-hybridized carbons (Fsp3) is 0.231. The summed E-state index contributed by atoms with van der Waals surface area (Å²) in [7, 11) is 0. The van der Waals surface area contributed by atoms with Crippen LogP contribution in [-0.4, -0.2) is 18.8 Å². The van der Waals surface area contributed by atoms with Gasteiger partial charge in [-0.1, -0.05) is 64.5 Å². The third-order valence-electron chi connectivity index (χ3n) is 5.09. The minimum absolute atomic E-state index is 0.201. The van der Waals surface area contributed by atoms with Crippen molar-refractivity contribution >= 4 is 33.8 Å². The quantitative estimate of drug-likeness (QED) is 0.360. The summed E-state index contributed by atoms with van der Waals surface area (Å²) in [6.45, 7) is 4.35. The summed E-state index contributed by atoms with van der Waals surface area (Å²) in [5, 5.41) is 5.53. The van der Waals surface area contributed by atoms with Crippen LogP contribution in [0.4, 0.5) is 15.3 Å². The van der Waals surface area contributed by atoms with E-state index in [0.717, 1.165) is 26.7 Å². The summed E-state index contributed by atoms with van der Waals surface area (Å²) in [5.41, 5.74) is 4.61. The van der Waals surface area contributed by atoms with Gasteiger partial charge in [-0.15, -0.1) is 0 Å². The molecule has 3 rings (SSSR count). The van der Waals surface area contributed by atoms with E-state index in [1.54, 1.807) is 12.1 Å². The molecule has 3 aromatic rings. The van der Waals surface area contributed by atoms with E-state index in [9.17, 15) is 9.59 Å². The fourth-order valence-corrected chi connectivity index (χ4v) is 3.73. The van der Waals surface area contributed by atoms with Gasteiger partial charge in [-0.05, 0) is 60.4 Å². The number of hydrogen-bond acceptors (Lipinski definition) is 4. The second kappa shape index (κ2) is 12.1. The van der Waals surface area contributed by atoms with Crippen LogP contribution in [0.3, 0.4) is 0 Å². The number of carbonyl (C=O) groups excluding carboxylic acids is 2. The number of rotatable bonds is 8. The maximum absolute atomic E-state index is 12.2. The van der Waals surface area contributed by atoms with E-state index in [1.807, 2.05) is 74.5 Å². The van der Waals surface area contributed by atoms with E-state index in [0.29, 0.717) is 12.1 Å².